The van der Waals surface area contributed by atoms with E-state index in [1.807, 2.05) is 41.5 Å². The average molecular weight is 1450 g/mol. The van der Waals surface area contributed by atoms with Gasteiger partial charge in [-0.2, -0.15) is 0 Å². The Bertz CT molecular complexity index is 3110. The van der Waals surface area contributed by atoms with Gasteiger partial charge in [-0.05, 0) is 102 Å². The highest BCUT2D eigenvalue weighted by Gasteiger charge is 2.56. The lowest BCUT2D eigenvalue weighted by Gasteiger charge is -2.37. The van der Waals surface area contributed by atoms with Crippen molar-refractivity contribution in [3.8, 4) is 11.8 Å². The lowest BCUT2D eigenvalue weighted by atomic mass is 9.82. The molecule has 0 spiro atoms. The third kappa shape index (κ3) is 27.6. The summed E-state index contributed by atoms with van der Waals surface area (Å²) in [5.74, 6) is -9.78. The molecule has 32 heteroatoms. The number of carboxylic acids is 3. The van der Waals surface area contributed by atoms with Crippen molar-refractivity contribution in [1.82, 2.24) is 35.7 Å². The highest BCUT2D eigenvalue weighted by molar-refractivity contribution is 6.30. The summed E-state index contributed by atoms with van der Waals surface area (Å²) in [6.07, 6.45) is 13.8. The van der Waals surface area contributed by atoms with E-state index < -0.39 is 136 Å². The molecule has 6 amide bonds. The Hall–Kier alpha value is -8.38. The molecule has 29 nitrogen and oxygen atoms in total. The molecular weight excluding hydrogens is 1350 g/mol. The highest BCUT2D eigenvalue weighted by Crippen LogP contribution is 2.33. The number of halogens is 3. The normalized spacial score (nSPS) is 19.3. The van der Waals surface area contributed by atoms with Crippen LogP contribution in [0.1, 0.15) is 160 Å². The van der Waals surface area contributed by atoms with Gasteiger partial charge in [0.05, 0.1) is 29.2 Å². The summed E-state index contributed by atoms with van der Waals surface area (Å²) in [5, 5.41) is 32.8. The van der Waals surface area contributed by atoms with Gasteiger partial charge in [0, 0.05) is 37.4 Å². The number of carboxylic acid groups (broad SMARTS) is 3. The quantitative estimate of drug-likeness (QED) is 0.0240. The van der Waals surface area contributed by atoms with Crippen molar-refractivity contribution in [2.24, 2.45) is 34.1 Å². The molecule has 2 saturated heterocycles. The zero-order chi connectivity index (χ0) is 75.8. The molecule has 4 heterocycles. The Kier molecular flexibility index (Phi) is 33.0. The van der Waals surface area contributed by atoms with Gasteiger partial charge in [-0.3, -0.25) is 19.2 Å². The molecule has 0 unspecified atom stereocenters. The zero-order valence-corrected chi connectivity index (χ0v) is 60.5. The van der Waals surface area contributed by atoms with E-state index in [2.05, 4.69) is 39.1 Å². The first-order chi connectivity index (χ1) is 46.3. The second-order valence-electron chi connectivity index (χ2n) is 28.6. The number of nitrogens with two attached hydrogens (primary N) is 2. The molecule has 2 aliphatic carbocycles. The maximum Gasteiger partial charge on any atom is 0.408 e. The maximum absolute atomic E-state index is 14.3. The van der Waals surface area contributed by atoms with Gasteiger partial charge in [-0.15, -0.1) is 0 Å². The smallest absolute Gasteiger partial charge is 0.408 e. The largest absolute Gasteiger partial charge is 0.478 e. The molecule has 4 fully saturated rings. The van der Waals surface area contributed by atoms with Crippen LogP contribution in [0.25, 0.3) is 0 Å². The van der Waals surface area contributed by atoms with Crippen molar-refractivity contribution in [1.29, 1.82) is 0 Å². The molecule has 4 aliphatic rings. The van der Waals surface area contributed by atoms with E-state index in [1.54, 1.807) is 65.8 Å². The van der Waals surface area contributed by atoms with Crippen molar-refractivity contribution in [2.45, 2.75) is 225 Å². The number of alkyl carbamates (subject to hydrolysis) is 2. The number of rotatable bonds is 22. The summed E-state index contributed by atoms with van der Waals surface area (Å²) in [6.45, 7) is 29.2. The summed E-state index contributed by atoms with van der Waals surface area (Å²) in [5.41, 5.74) is 4.74. The lowest BCUT2D eigenvalue weighted by Crippen LogP contribution is -2.61. The molecule has 0 bridgehead atoms. The second kappa shape index (κ2) is 38.4. The number of carbonyl (C=O) groups excluding carboxylic acids is 8. The molecular formula is C68H100Cl2FN9O20. The van der Waals surface area contributed by atoms with Gasteiger partial charge in [0.15, 0.2) is 0 Å². The Morgan fingerprint density at radius 1 is 0.590 bits per heavy atom. The van der Waals surface area contributed by atoms with Crippen LogP contribution in [0, 0.1) is 22.7 Å². The fraction of sp³-hybridized carbons (Fsp3) is 0.632. The van der Waals surface area contributed by atoms with E-state index >= 15 is 0 Å². The Labute approximate surface area is 592 Å². The fourth-order valence-electron chi connectivity index (χ4n) is 10.9. The van der Waals surface area contributed by atoms with Gasteiger partial charge >= 0.3 is 47.7 Å². The SMILES string of the molecule is C=CCOC(=O)[C@@H]1C[C@@H](Oc2ccc(Cl)cn2)CN1C(=O)[C@@H](N)C(C)(C)C.C=CCOC(=O)[C@@H]1C[C@@H](Oc2ccc(Cl)cn2)CN1C(=O)[C@@H](NC(=O)[C@@H](NC(=O)OC(C)(C)C)C1CCCCC1)C(C)(C)C.CC(C)(C)OC(=O)N[C@H](C(N)=O)C1CCCCC1.O=C(O)C(F)(C(=O)O)C(=O)O. The van der Waals surface area contributed by atoms with Crippen molar-refractivity contribution in [2.75, 3.05) is 26.3 Å². The van der Waals surface area contributed by atoms with Gasteiger partial charge in [0.1, 0.15) is 66.8 Å². The standard InChI is InChI=1S/C32H47ClN4O7.C19H26ClN3O4.C13H24N2O3.C4H3FO6/c1-8-16-42-29(40)23-17-22(43-24-15-14-21(33)18-34-24)19-37(23)28(39)26(31(2,3)4)36-27(38)25(20-12-10-9-11-13-20)35-30(41)44-32(5,6)7;1-5-8-26-18(25)14-9-13(27-15-7-6-12(20)10-22-15)11-23(14)17(24)16(21)19(2,3)4;1-13(2,3)18-12(17)15-10(11(14)16)9-7-5-4-6-8-9;5-4(1(6)7,2(8)9)3(10)11/h8,14-15,18,20,22-23,25-26H,1,9-13,16-17,19H2,2-7H3,(H,35,41)(H,36,38);5-7,10,13-14,16H,1,8-9,11,21H2,2-4H3;9-10H,4-8H2,1-3H3,(H2,14,16)(H,15,17);(H,6,7)(H,8,9)(H,10,11)/t22-,23+,25+,26-;13-,14+,16-;10-;/m110./s1. The van der Waals surface area contributed by atoms with Crippen molar-refractivity contribution in [3.63, 3.8) is 0 Å². The predicted molar refractivity (Wildman–Crippen MR) is 364 cm³/mol. The Balaban J connectivity index is 0.000000392. The zero-order valence-electron chi connectivity index (χ0n) is 59.0. The van der Waals surface area contributed by atoms with Crippen LogP contribution in [0.2, 0.25) is 10.0 Å². The maximum atomic E-state index is 14.3. The number of primary amides is 1. The fourth-order valence-corrected chi connectivity index (χ4v) is 11.1. The highest BCUT2D eigenvalue weighted by atomic mass is 35.5. The van der Waals surface area contributed by atoms with Crippen molar-refractivity contribution < 1.29 is 101 Å². The van der Waals surface area contributed by atoms with Crippen LogP contribution in [0.3, 0.4) is 0 Å². The number of amides is 6. The number of alkyl halides is 1. The molecule has 0 aromatic carbocycles. The molecule has 0 radical (unpaired) electrons. The molecule has 2 aromatic rings. The number of ether oxygens (including phenoxy) is 6. The molecule has 558 valence electrons. The lowest BCUT2D eigenvalue weighted by molar-refractivity contribution is -0.178. The van der Waals surface area contributed by atoms with E-state index in [9.17, 15) is 57.1 Å². The Morgan fingerprint density at radius 3 is 1.27 bits per heavy atom. The van der Waals surface area contributed by atoms with Crippen molar-refractivity contribution in [3.05, 3.63) is 72.0 Å². The Morgan fingerprint density at radius 2 is 0.960 bits per heavy atom. The minimum atomic E-state index is -4.25. The van der Waals surface area contributed by atoms with Crippen LogP contribution in [-0.4, -0.2) is 192 Å². The van der Waals surface area contributed by atoms with E-state index in [0.29, 0.717) is 28.2 Å². The summed E-state index contributed by atoms with van der Waals surface area (Å²) >= 11 is 11.8. The monoisotopic (exact) mass is 1450 g/mol. The molecule has 2 saturated carbocycles. The number of nitrogens with one attached hydrogen (secondary N) is 3. The molecule has 8 atom stereocenters. The third-order valence-corrected chi connectivity index (χ3v) is 16.4. The topological polar surface area (TPSA) is 424 Å². The van der Waals surface area contributed by atoms with Crippen LogP contribution >= 0.6 is 23.2 Å². The van der Waals surface area contributed by atoms with E-state index in [-0.39, 0.29) is 50.5 Å². The van der Waals surface area contributed by atoms with Crippen LogP contribution < -0.4 is 36.9 Å². The number of nitrogens with zero attached hydrogens (tertiary/aromatic N) is 4. The first-order valence-corrected chi connectivity index (χ1v) is 33.6. The minimum absolute atomic E-state index is 0.0134. The van der Waals surface area contributed by atoms with Gasteiger partial charge in [-0.25, -0.2) is 47.9 Å². The number of aromatic nitrogens is 2. The van der Waals surface area contributed by atoms with Crippen LogP contribution in [0.5, 0.6) is 11.8 Å². The molecule has 100 heavy (non-hydrogen) atoms. The average Bonchev–Trinajstić information content (AvgIpc) is 1.57. The number of esters is 2. The summed E-state index contributed by atoms with van der Waals surface area (Å²) < 4.78 is 45.3. The van der Waals surface area contributed by atoms with Gasteiger partial charge in [-0.1, -0.05) is 129 Å². The van der Waals surface area contributed by atoms with Gasteiger partial charge in [0.25, 0.3) is 0 Å². The number of likely N-dealkylation sites (tertiary alicyclic amines) is 2. The predicted octanol–water partition coefficient (Wildman–Crippen LogP) is 7.90. The first-order valence-electron chi connectivity index (χ1n) is 32.8. The number of aliphatic carboxylic acids is 3. The minimum Gasteiger partial charge on any atom is -0.478 e. The third-order valence-electron chi connectivity index (χ3n) is 16.0. The van der Waals surface area contributed by atoms with E-state index in [4.69, 9.17) is 78.4 Å². The second-order valence-corrected chi connectivity index (χ2v) is 29.5. The first kappa shape index (κ1) is 85.8. The number of carbonyl (C=O) groups is 11. The molecule has 2 aromatic heterocycles. The van der Waals surface area contributed by atoms with E-state index in [1.165, 1.54) is 40.8 Å². The summed E-state index contributed by atoms with van der Waals surface area (Å²) in [4.78, 5) is 143. The van der Waals surface area contributed by atoms with Gasteiger partial charge < -0.3 is 81.0 Å². The summed E-state index contributed by atoms with van der Waals surface area (Å²) in [7, 11) is 0. The van der Waals surface area contributed by atoms with Gasteiger partial charge in [0.2, 0.25) is 35.4 Å². The molecule has 2 aliphatic heterocycles. The van der Waals surface area contributed by atoms with E-state index in [0.717, 1.165) is 57.8 Å². The van der Waals surface area contributed by atoms with Crippen LogP contribution in [0.4, 0.5) is 14.0 Å². The number of hydrogen-bond acceptors (Lipinski definition) is 20. The summed E-state index contributed by atoms with van der Waals surface area (Å²) in [6, 6.07) is 1.56. The molecule has 10 N–H and O–H groups in total. The molecule has 6 rings (SSSR count). The van der Waals surface area contributed by atoms with Crippen LogP contribution in [-0.2, 0) is 62.1 Å². The number of hydrogen-bond donors (Lipinski definition) is 8. The van der Waals surface area contributed by atoms with Crippen molar-refractivity contribution >= 4 is 88.9 Å². The van der Waals surface area contributed by atoms with Crippen LogP contribution in [0.15, 0.2) is 62.0 Å². The number of pyridine rings is 2.